The standard InChI is InChI=1S/C20H31N/c1-16(21-20-11-5-3-2-4-6-12-20)18-14-13-17-9-7-8-10-19(17)15-18/h13-16,20-21H,2-12H2,1H3. The van der Waals surface area contributed by atoms with Crippen LogP contribution in [-0.2, 0) is 12.8 Å². The molecule has 1 nitrogen and oxygen atoms in total. The first kappa shape index (κ1) is 15.1. The van der Waals surface area contributed by atoms with Crippen LogP contribution in [0.4, 0.5) is 0 Å². The number of aryl methyl sites for hydroxylation is 2. The van der Waals surface area contributed by atoms with E-state index in [-0.39, 0.29) is 0 Å². The van der Waals surface area contributed by atoms with Crippen molar-refractivity contribution in [2.24, 2.45) is 0 Å². The van der Waals surface area contributed by atoms with E-state index in [0.717, 1.165) is 6.04 Å². The molecular weight excluding hydrogens is 254 g/mol. The molecule has 1 unspecified atom stereocenters. The minimum atomic E-state index is 0.502. The van der Waals surface area contributed by atoms with Crippen LogP contribution in [0.25, 0.3) is 0 Å². The molecule has 1 aromatic carbocycles. The Morgan fingerprint density at radius 1 is 0.857 bits per heavy atom. The van der Waals surface area contributed by atoms with E-state index in [1.54, 1.807) is 11.1 Å². The predicted octanol–water partition coefficient (Wildman–Crippen LogP) is 5.33. The Morgan fingerprint density at radius 3 is 2.29 bits per heavy atom. The summed E-state index contributed by atoms with van der Waals surface area (Å²) < 4.78 is 0. The van der Waals surface area contributed by atoms with Crippen LogP contribution in [0, 0.1) is 0 Å². The summed E-state index contributed by atoms with van der Waals surface area (Å²) in [6.07, 6.45) is 15.2. The molecule has 0 heterocycles. The smallest absolute Gasteiger partial charge is 0.0294 e. The Kier molecular flexibility index (Phi) is 5.35. The number of benzene rings is 1. The molecule has 2 aliphatic rings. The molecular formula is C20H31N. The summed E-state index contributed by atoms with van der Waals surface area (Å²) in [5.41, 5.74) is 4.71. The van der Waals surface area contributed by atoms with Crippen molar-refractivity contribution in [1.29, 1.82) is 0 Å². The highest BCUT2D eigenvalue weighted by Crippen LogP contribution is 2.26. The second kappa shape index (κ2) is 7.45. The van der Waals surface area contributed by atoms with Gasteiger partial charge in [0.25, 0.3) is 0 Å². The van der Waals surface area contributed by atoms with E-state index >= 15 is 0 Å². The van der Waals surface area contributed by atoms with Gasteiger partial charge in [0.2, 0.25) is 0 Å². The van der Waals surface area contributed by atoms with Gasteiger partial charge in [-0.25, -0.2) is 0 Å². The zero-order valence-corrected chi connectivity index (χ0v) is 13.7. The molecule has 0 amide bonds. The van der Waals surface area contributed by atoms with Crippen LogP contribution < -0.4 is 5.32 Å². The van der Waals surface area contributed by atoms with Crippen molar-refractivity contribution in [2.45, 2.75) is 89.6 Å². The lowest BCUT2D eigenvalue weighted by Gasteiger charge is -2.26. The van der Waals surface area contributed by atoms with Crippen molar-refractivity contribution < 1.29 is 0 Å². The molecule has 2 aliphatic carbocycles. The summed E-state index contributed by atoms with van der Waals surface area (Å²) in [5, 5.41) is 3.91. The van der Waals surface area contributed by atoms with Crippen molar-refractivity contribution in [2.75, 3.05) is 0 Å². The van der Waals surface area contributed by atoms with Crippen molar-refractivity contribution in [3.8, 4) is 0 Å². The van der Waals surface area contributed by atoms with Crippen LogP contribution >= 0.6 is 0 Å². The van der Waals surface area contributed by atoms with Gasteiger partial charge in [-0.15, -0.1) is 0 Å². The Bertz CT molecular complexity index is 443. The average molecular weight is 285 g/mol. The van der Waals surface area contributed by atoms with Crippen LogP contribution in [0.5, 0.6) is 0 Å². The molecule has 0 saturated heterocycles. The van der Waals surface area contributed by atoms with Gasteiger partial charge in [0.1, 0.15) is 0 Å². The van der Waals surface area contributed by atoms with Gasteiger partial charge < -0.3 is 5.32 Å². The highest BCUT2D eigenvalue weighted by molar-refractivity contribution is 5.35. The van der Waals surface area contributed by atoms with Crippen molar-refractivity contribution in [3.63, 3.8) is 0 Å². The lowest BCUT2D eigenvalue weighted by molar-refractivity contribution is 0.362. The maximum atomic E-state index is 3.91. The van der Waals surface area contributed by atoms with Gasteiger partial charge >= 0.3 is 0 Å². The summed E-state index contributed by atoms with van der Waals surface area (Å²) in [7, 11) is 0. The predicted molar refractivity (Wildman–Crippen MR) is 90.7 cm³/mol. The first-order chi connectivity index (χ1) is 10.3. The molecule has 0 radical (unpaired) electrons. The fourth-order valence-corrected chi connectivity index (χ4v) is 4.10. The molecule has 1 saturated carbocycles. The van der Waals surface area contributed by atoms with Gasteiger partial charge in [-0.3, -0.25) is 0 Å². The zero-order chi connectivity index (χ0) is 14.5. The van der Waals surface area contributed by atoms with E-state index in [0.29, 0.717) is 6.04 Å². The lowest BCUT2D eigenvalue weighted by Crippen LogP contribution is -2.32. The summed E-state index contributed by atoms with van der Waals surface area (Å²) >= 11 is 0. The molecule has 1 aromatic rings. The molecule has 1 atom stereocenters. The van der Waals surface area contributed by atoms with E-state index in [4.69, 9.17) is 0 Å². The topological polar surface area (TPSA) is 12.0 Å². The third-order valence-corrected chi connectivity index (χ3v) is 5.46. The van der Waals surface area contributed by atoms with Crippen LogP contribution in [0.2, 0.25) is 0 Å². The highest BCUT2D eigenvalue weighted by Gasteiger charge is 2.16. The fraction of sp³-hybridized carbons (Fsp3) is 0.700. The highest BCUT2D eigenvalue weighted by atomic mass is 14.9. The number of nitrogens with one attached hydrogen (secondary N) is 1. The molecule has 0 aromatic heterocycles. The average Bonchev–Trinajstić information content (AvgIpc) is 2.49. The van der Waals surface area contributed by atoms with E-state index in [1.165, 1.54) is 76.2 Å². The summed E-state index contributed by atoms with van der Waals surface area (Å²) in [6.45, 7) is 2.35. The zero-order valence-electron chi connectivity index (χ0n) is 13.7. The van der Waals surface area contributed by atoms with Gasteiger partial charge in [0.15, 0.2) is 0 Å². The van der Waals surface area contributed by atoms with Crippen molar-refractivity contribution in [1.82, 2.24) is 5.32 Å². The lowest BCUT2D eigenvalue weighted by atomic mass is 9.89. The summed E-state index contributed by atoms with van der Waals surface area (Å²) in [5.74, 6) is 0. The summed E-state index contributed by atoms with van der Waals surface area (Å²) in [6, 6.07) is 8.47. The molecule has 0 spiro atoms. The van der Waals surface area contributed by atoms with Crippen LogP contribution in [0.15, 0.2) is 18.2 Å². The third-order valence-electron chi connectivity index (χ3n) is 5.46. The first-order valence-electron chi connectivity index (χ1n) is 9.21. The van der Waals surface area contributed by atoms with Gasteiger partial charge in [-0.05, 0) is 62.1 Å². The maximum Gasteiger partial charge on any atom is 0.0294 e. The Hall–Kier alpha value is -0.820. The molecule has 1 fully saturated rings. The molecule has 1 heteroatoms. The molecule has 0 bridgehead atoms. The second-order valence-corrected chi connectivity index (χ2v) is 7.17. The number of rotatable bonds is 3. The van der Waals surface area contributed by atoms with Crippen molar-refractivity contribution >= 4 is 0 Å². The van der Waals surface area contributed by atoms with E-state index in [2.05, 4.69) is 30.4 Å². The third kappa shape index (κ3) is 4.10. The molecule has 1 N–H and O–H groups in total. The monoisotopic (exact) mass is 285 g/mol. The molecule has 21 heavy (non-hydrogen) atoms. The van der Waals surface area contributed by atoms with Crippen LogP contribution in [-0.4, -0.2) is 6.04 Å². The fourth-order valence-electron chi connectivity index (χ4n) is 4.10. The molecule has 116 valence electrons. The first-order valence-corrected chi connectivity index (χ1v) is 9.21. The van der Waals surface area contributed by atoms with E-state index < -0.39 is 0 Å². The Balaban J connectivity index is 1.62. The maximum absolute atomic E-state index is 3.91. The summed E-state index contributed by atoms with van der Waals surface area (Å²) in [4.78, 5) is 0. The Labute approximate surface area is 130 Å². The number of fused-ring (bicyclic) bond motifs is 1. The van der Waals surface area contributed by atoms with E-state index in [1.807, 2.05) is 0 Å². The van der Waals surface area contributed by atoms with Crippen LogP contribution in [0.3, 0.4) is 0 Å². The van der Waals surface area contributed by atoms with E-state index in [9.17, 15) is 0 Å². The van der Waals surface area contributed by atoms with Crippen molar-refractivity contribution in [3.05, 3.63) is 34.9 Å². The van der Waals surface area contributed by atoms with Crippen LogP contribution in [0.1, 0.15) is 87.4 Å². The van der Waals surface area contributed by atoms with Gasteiger partial charge in [0, 0.05) is 12.1 Å². The molecule has 0 aliphatic heterocycles. The normalized spacial score (nSPS) is 22.1. The van der Waals surface area contributed by atoms with Gasteiger partial charge in [-0.2, -0.15) is 0 Å². The number of hydrogen-bond donors (Lipinski definition) is 1. The minimum absolute atomic E-state index is 0.502. The largest absolute Gasteiger partial charge is 0.307 e. The molecule has 3 rings (SSSR count). The number of hydrogen-bond acceptors (Lipinski definition) is 1. The quantitative estimate of drug-likeness (QED) is 0.791. The van der Waals surface area contributed by atoms with Gasteiger partial charge in [-0.1, -0.05) is 50.3 Å². The van der Waals surface area contributed by atoms with Gasteiger partial charge in [0.05, 0.1) is 0 Å². The minimum Gasteiger partial charge on any atom is -0.307 e. The second-order valence-electron chi connectivity index (χ2n) is 7.17. The Morgan fingerprint density at radius 2 is 1.52 bits per heavy atom. The SMILES string of the molecule is CC(NC1CCCCCCC1)c1ccc2c(c1)CCCC2.